The van der Waals surface area contributed by atoms with Crippen molar-refractivity contribution >= 4 is 0 Å². The molecule has 0 aliphatic carbocycles. The van der Waals surface area contributed by atoms with Gasteiger partial charge in [-0.2, -0.15) is 0 Å². The summed E-state index contributed by atoms with van der Waals surface area (Å²) in [5.74, 6) is 1.60. The van der Waals surface area contributed by atoms with Crippen LogP contribution >= 0.6 is 0 Å². The molecule has 1 unspecified atom stereocenters. The molecule has 94 valence electrons. The van der Waals surface area contributed by atoms with Crippen molar-refractivity contribution in [3.8, 4) is 11.5 Å². The molecule has 1 aromatic rings. The Morgan fingerprint density at radius 1 is 1.29 bits per heavy atom. The summed E-state index contributed by atoms with van der Waals surface area (Å²) < 4.78 is 16.3. The van der Waals surface area contributed by atoms with Gasteiger partial charge < -0.3 is 19.9 Å². The van der Waals surface area contributed by atoms with Crippen LogP contribution in [0.25, 0.3) is 0 Å². The first-order valence-corrected chi connectivity index (χ1v) is 6.04. The van der Waals surface area contributed by atoms with E-state index in [0.29, 0.717) is 19.8 Å². The molecule has 1 heterocycles. The van der Waals surface area contributed by atoms with Crippen molar-refractivity contribution in [2.75, 3.05) is 26.4 Å². The normalized spacial score (nSPS) is 15.6. The second-order valence-corrected chi connectivity index (χ2v) is 4.00. The quantitative estimate of drug-likeness (QED) is 0.794. The van der Waals surface area contributed by atoms with Crippen LogP contribution in [-0.4, -0.2) is 26.4 Å². The van der Waals surface area contributed by atoms with Crippen LogP contribution in [0.4, 0.5) is 0 Å². The van der Waals surface area contributed by atoms with Gasteiger partial charge in [0.25, 0.3) is 0 Å². The molecule has 0 spiro atoms. The highest BCUT2D eigenvalue weighted by Crippen LogP contribution is 2.32. The molecule has 2 rings (SSSR count). The maximum Gasteiger partial charge on any atom is 0.161 e. The SMILES string of the molecule is CCOCCC(N)c1ccc2c(c1)OCCO2. The van der Waals surface area contributed by atoms with Gasteiger partial charge in [0, 0.05) is 19.3 Å². The van der Waals surface area contributed by atoms with E-state index < -0.39 is 0 Å². The van der Waals surface area contributed by atoms with E-state index >= 15 is 0 Å². The lowest BCUT2D eigenvalue weighted by Crippen LogP contribution is -2.17. The van der Waals surface area contributed by atoms with Gasteiger partial charge in [0.1, 0.15) is 13.2 Å². The predicted octanol–water partition coefficient (Wildman–Crippen LogP) is 1.88. The maximum absolute atomic E-state index is 6.09. The summed E-state index contributed by atoms with van der Waals surface area (Å²) in [5.41, 5.74) is 7.16. The topological polar surface area (TPSA) is 53.7 Å². The first-order chi connectivity index (χ1) is 8.31. The molecule has 1 aromatic carbocycles. The average Bonchev–Trinajstić information content (AvgIpc) is 2.38. The number of rotatable bonds is 5. The van der Waals surface area contributed by atoms with Crippen LogP contribution in [0.5, 0.6) is 11.5 Å². The molecule has 0 fully saturated rings. The van der Waals surface area contributed by atoms with Crippen molar-refractivity contribution in [2.24, 2.45) is 5.73 Å². The summed E-state index contributed by atoms with van der Waals surface area (Å²) in [5, 5.41) is 0. The first-order valence-electron chi connectivity index (χ1n) is 6.04. The van der Waals surface area contributed by atoms with Gasteiger partial charge in [-0.15, -0.1) is 0 Å². The van der Waals surface area contributed by atoms with Gasteiger partial charge in [0.2, 0.25) is 0 Å². The van der Waals surface area contributed by atoms with E-state index in [2.05, 4.69) is 0 Å². The molecule has 0 radical (unpaired) electrons. The zero-order valence-corrected chi connectivity index (χ0v) is 10.1. The molecule has 0 aromatic heterocycles. The molecular formula is C13H19NO3. The molecule has 4 heteroatoms. The van der Waals surface area contributed by atoms with Gasteiger partial charge in [0.05, 0.1) is 0 Å². The molecule has 1 aliphatic heterocycles. The lowest BCUT2D eigenvalue weighted by Gasteiger charge is -2.20. The van der Waals surface area contributed by atoms with Crippen LogP contribution in [0.1, 0.15) is 24.9 Å². The highest BCUT2D eigenvalue weighted by atomic mass is 16.6. The van der Waals surface area contributed by atoms with Crippen LogP contribution in [0.2, 0.25) is 0 Å². The van der Waals surface area contributed by atoms with E-state index in [9.17, 15) is 0 Å². The Morgan fingerprint density at radius 3 is 2.82 bits per heavy atom. The molecule has 2 N–H and O–H groups in total. The Hall–Kier alpha value is -1.26. The highest BCUT2D eigenvalue weighted by molar-refractivity contribution is 5.44. The fraction of sp³-hybridized carbons (Fsp3) is 0.538. The van der Waals surface area contributed by atoms with Crippen LogP contribution in [0.3, 0.4) is 0 Å². The Kier molecular flexibility index (Phi) is 4.23. The number of ether oxygens (including phenoxy) is 3. The number of fused-ring (bicyclic) bond motifs is 1. The third kappa shape index (κ3) is 3.11. The monoisotopic (exact) mass is 237 g/mol. The fourth-order valence-electron chi connectivity index (χ4n) is 1.81. The summed E-state index contributed by atoms with van der Waals surface area (Å²) in [6, 6.07) is 5.86. The van der Waals surface area contributed by atoms with E-state index in [1.54, 1.807) is 0 Å². The molecule has 0 saturated heterocycles. The lowest BCUT2D eigenvalue weighted by molar-refractivity contribution is 0.140. The molecular weight excluding hydrogens is 218 g/mol. The maximum atomic E-state index is 6.09. The fourth-order valence-corrected chi connectivity index (χ4v) is 1.81. The third-order valence-corrected chi connectivity index (χ3v) is 2.77. The van der Waals surface area contributed by atoms with Gasteiger partial charge in [-0.1, -0.05) is 6.07 Å². The molecule has 17 heavy (non-hydrogen) atoms. The predicted molar refractivity (Wildman–Crippen MR) is 65.5 cm³/mol. The van der Waals surface area contributed by atoms with Crippen molar-refractivity contribution < 1.29 is 14.2 Å². The smallest absolute Gasteiger partial charge is 0.161 e. The average molecular weight is 237 g/mol. The number of hydrogen-bond donors (Lipinski definition) is 1. The zero-order chi connectivity index (χ0) is 12.1. The standard InChI is InChI=1S/C13H19NO3/c1-2-15-6-5-11(14)10-3-4-12-13(9-10)17-8-7-16-12/h3-4,9,11H,2,5-8,14H2,1H3. The minimum atomic E-state index is -0.0163. The molecule has 1 aliphatic rings. The second kappa shape index (κ2) is 5.89. The van der Waals surface area contributed by atoms with E-state index in [1.807, 2.05) is 25.1 Å². The number of benzene rings is 1. The lowest BCUT2D eigenvalue weighted by atomic mass is 10.0. The van der Waals surface area contributed by atoms with E-state index in [1.165, 1.54) is 0 Å². The molecule has 0 saturated carbocycles. The van der Waals surface area contributed by atoms with Gasteiger partial charge in [-0.3, -0.25) is 0 Å². The van der Waals surface area contributed by atoms with E-state index in [4.69, 9.17) is 19.9 Å². The van der Waals surface area contributed by atoms with Crippen molar-refractivity contribution in [2.45, 2.75) is 19.4 Å². The van der Waals surface area contributed by atoms with Crippen molar-refractivity contribution in [1.82, 2.24) is 0 Å². The minimum absolute atomic E-state index is 0.0163. The Morgan fingerprint density at radius 2 is 2.06 bits per heavy atom. The minimum Gasteiger partial charge on any atom is -0.486 e. The summed E-state index contributed by atoms with van der Waals surface area (Å²) >= 11 is 0. The van der Waals surface area contributed by atoms with E-state index in [-0.39, 0.29) is 6.04 Å². The van der Waals surface area contributed by atoms with Crippen molar-refractivity contribution in [3.05, 3.63) is 23.8 Å². The van der Waals surface area contributed by atoms with Crippen LogP contribution in [0.15, 0.2) is 18.2 Å². The zero-order valence-electron chi connectivity index (χ0n) is 10.1. The molecule has 0 amide bonds. The van der Waals surface area contributed by atoms with Crippen LogP contribution in [-0.2, 0) is 4.74 Å². The van der Waals surface area contributed by atoms with Crippen LogP contribution < -0.4 is 15.2 Å². The number of nitrogens with two attached hydrogens (primary N) is 1. The van der Waals surface area contributed by atoms with Gasteiger partial charge in [-0.05, 0) is 31.0 Å². The highest BCUT2D eigenvalue weighted by Gasteiger charge is 2.14. The molecule has 1 atom stereocenters. The Bertz CT molecular complexity index is 368. The van der Waals surface area contributed by atoms with Gasteiger partial charge >= 0.3 is 0 Å². The van der Waals surface area contributed by atoms with Gasteiger partial charge in [-0.25, -0.2) is 0 Å². The van der Waals surface area contributed by atoms with Crippen LogP contribution in [0, 0.1) is 0 Å². The second-order valence-electron chi connectivity index (χ2n) is 4.00. The summed E-state index contributed by atoms with van der Waals surface area (Å²) in [4.78, 5) is 0. The largest absolute Gasteiger partial charge is 0.486 e. The van der Waals surface area contributed by atoms with Crippen molar-refractivity contribution in [1.29, 1.82) is 0 Å². The van der Waals surface area contributed by atoms with Crippen molar-refractivity contribution in [3.63, 3.8) is 0 Å². The van der Waals surface area contributed by atoms with Gasteiger partial charge in [0.15, 0.2) is 11.5 Å². The summed E-state index contributed by atoms with van der Waals surface area (Å²) in [6.45, 7) is 4.61. The molecule has 4 nitrogen and oxygen atoms in total. The number of hydrogen-bond acceptors (Lipinski definition) is 4. The summed E-state index contributed by atoms with van der Waals surface area (Å²) in [7, 11) is 0. The Balaban J connectivity index is 2.00. The van der Waals surface area contributed by atoms with E-state index in [0.717, 1.165) is 30.1 Å². The molecule has 0 bridgehead atoms. The first kappa shape index (κ1) is 12.2. The Labute approximate surface area is 102 Å². The third-order valence-electron chi connectivity index (χ3n) is 2.77. The summed E-state index contributed by atoms with van der Waals surface area (Å²) in [6.07, 6.45) is 0.813.